The van der Waals surface area contributed by atoms with Gasteiger partial charge in [0.1, 0.15) is 0 Å². The molecule has 0 amide bonds. The molecule has 2 aromatic rings. The van der Waals surface area contributed by atoms with Crippen LogP contribution in [0.2, 0.25) is 0 Å². The third-order valence-electron chi connectivity index (χ3n) is 1.82. The summed E-state index contributed by atoms with van der Waals surface area (Å²) >= 11 is 0. The highest BCUT2D eigenvalue weighted by Gasteiger charge is 1.92. The molecular weight excluding hydrogens is 170 g/mol. The number of rotatable bonds is 0. The zero-order valence-corrected chi connectivity index (χ0v) is 8.83. The SMILES string of the molecule is CCC.Nc1cccc2ccccc12. The van der Waals surface area contributed by atoms with Crippen molar-refractivity contribution in [3.8, 4) is 0 Å². The summed E-state index contributed by atoms with van der Waals surface area (Å²) in [7, 11) is 0. The standard InChI is InChI=1S/C10H9N.C3H8/c11-10-7-3-5-8-4-1-2-6-9(8)10;1-3-2/h1-7H,11H2;3H2,1-2H3. The highest BCUT2D eigenvalue weighted by Crippen LogP contribution is 2.19. The quantitative estimate of drug-likeness (QED) is 0.623. The Bertz CT molecular complexity index is 388. The molecule has 0 aliphatic carbocycles. The van der Waals surface area contributed by atoms with E-state index in [9.17, 15) is 0 Å². The first-order valence-electron chi connectivity index (χ1n) is 5.02. The summed E-state index contributed by atoms with van der Waals surface area (Å²) in [6, 6.07) is 14.1. The average molecular weight is 187 g/mol. The minimum absolute atomic E-state index is 0.850. The smallest absolute Gasteiger partial charge is 0.0393 e. The molecule has 0 aromatic heterocycles. The third kappa shape index (κ3) is 2.49. The van der Waals surface area contributed by atoms with Crippen molar-refractivity contribution in [2.45, 2.75) is 20.3 Å². The molecule has 0 unspecified atom stereocenters. The molecular formula is C13H17N. The molecule has 2 rings (SSSR count). The minimum Gasteiger partial charge on any atom is -0.398 e. The van der Waals surface area contributed by atoms with Crippen LogP contribution in [0.4, 0.5) is 5.69 Å². The number of hydrogen-bond acceptors (Lipinski definition) is 1. The summed E-state index contributed by atoms with van der Waals surface area (Å²) in [5.74, 6) is 0. The van der Waals surface area contributed by atoms with Crippen LogP contribution in [0.25, 0.3) is 10.8 Å². The molecule has 14 heavy (non-hydrogen) atoms. The molecule has 0 heterocycles. The average Bonchev–Trinajstić information content (AvgIpc) is 2.20. The summed E-state index contributed by atoms with van der Waals surface area (Å²) < 4.78 is 0. The van der Waals surface area contributed by atoms with Gasteiger partial charge in [-0.05, 0) is 11.5 Å². The maximum absolute atomic E-state index is 5.76. The predicted molar refractivity (Wildman–Crippen MR) is 64.3 cm³/mol. The molecule has 0 saturated heterocycles. The molecule has 0 aliphatic heterocycles. The van der Waals surface area contributed by atoms with Crippen LogP contribution < -0.4 is 5.73 Å². The van der Waals surface area contributed by atoms with E-state index in [0.29, 0.717) is 0 Å². The Morgan fingerprint density at radius 3 is 2.14 bits per heavy atom. The predicted octanol–water partition coefficient (Wildman–Crippen LogP) is 3.84. The highest BCUT2D eigenvalue weighted by atomic mass is 14.5. The van der Waals surface area contributed by atoms with Gasteiger partial charge >= 0.3 is 0 Å². The Morgan fingerprint density at radius 1 is 0.929 bits per heavy atom. The van der Waals surface area contributed by atoms with Gasteiger partial charge in [0.15, 0.2) is 0 Å². The number of anilines is 1. The molecule has 2 N–H and O–H groups in total. The van der Waals surface area contributed by atoms with Crippen molar-refractivity contribution in [2.75, 3.05) is 5.73 Å². The van der Waals surface area contributed by atoms with Gasteiger partial charge in [-0.25, -0.2) is 0 Å². The molecule has 0 atom stereocenters. The van der Waals surface area contributed by atoms with Gasteiger partial charge in [0, 0.05) is 11.1 Å². The van der Waals surface area contributed by atoms with Gasteiger partial charge in [0.2, 0.25) is 0 Å². The summed E-state index contributed by atoms with van der Waals surface area (Å²) in [5, 5.41) is 2.34. The van der Waals surface area contributed by atoms with E-state index in [0.717, 1.165) is 11.1 Å². The van der Waals surface area contributed by atoms with Crippen molar-refractivity contribution in [3.05, 3.63) is 42.5 Å². The van der Waals surface area contributed by atoms with Gasteiger partial charge in [-0.1, -0.05) is 56.7 Å². The zero-order valence-electron chi connectivity index (χ0n) is 8.83. The Morgan fingerprint density at radius 2 is 1.50 bits per heavy atom. The lowest BCUT2D eigenvalue weighted by atomic mass is 10.1. The first-order chi connectivity index (χ1) is 6.79. The number of hydrogen-bond donors (Lipinski definition) is 1. The minimum atomic E-state index is 0.850. The van der Waals surface area contributed by atoms with Crippen LogP contribution in [0.3, 0.4) is 0 Å². The third-order valence-corrected chi connectivity index (χ3v) is 1.82. The molecule has 0 aliphatic rings. The summed E-state index contributed by atoms with van der Waals surface area (Å²) in [6.07, 6.45) is 1.25. The van der Waals surface area contributed by atoms with Crippen molar-refractivity contribution < 1.29 is 0 Å². The second-order valence-corrected chi connectivity index (χ2v) is 3.28. The van der Waals surface area contributed by atoms with E-state index >= 15 is 0 Å². The molecule has 0 saturated carbocycles. The van der Waals surface area contributed by atoms with E-state index in [1.165, 1.54) is 11.8 Å². The Kier molecular flexibility index (Phi) is 3.99. The normalized spacial score (nSPS) is 9.29. The van der Waals surface area contributed by atoms with E-state index in [-0.39, 0.29) is 0 Å². The zero-order chi connectivity index (χ0) is 10.4. The number of nitrogen functional groups attached to an aromatic ring is 1. The van der Waals surface area contributed by atoms with Gasteiger partial charge in [0.25, 0.3) is 0 Å². The fourth-order valence-corrected chi connectivity index (χ4v) is 1.25. The Hall–Kier alpha value is -1.50. The van der Waals surface area contributed by atoms with Gasteiger partial charge in [0.05, 0.1) is 0 Å². The van der Waals surface area contributed by atoms with Gasteiger partial charge in [-0.15, -0.1) is 0 Å². The van der Waals surface area contributed by atoms with E-state index in [1.807, 2.05) is 30.3 Å². The Labute approximate surface area is 85.6 Å². The summed E-state index contributed by atoms with van der Waals surface area (Å²) in [4.78, 5) is 0. The van der Waals surface area contributed by atoms with Crippen molar-refractivity contribution in [1.29, 1.82) is 0 Å². The first-order valence-corrected chi connectivity index (χ1v) is 5.02. The van der Waals surface area contributed by atoms with Crippen LogP contribution in [0.1, 0.15) is 20.3 Å². The topological polar surface area (TPSA) is 26.0 Å². The van der Waals surface area contributed by atoms with Crippen molar-refractivity contribution in [1.82, 2.24) is 0 Å². The number of benzene rings is 2. The molecule has 1 nitrogen and oxygen atoms in total. The van der Waals surface area contributed by atoms with Crippen molar-refractivity contribution in [3.63, 3.8) is 0 Å². The second-order valence-electron chi connectivity index (χ2n) is 3.28. The van der Waals surface area contributed by atoms with Crippen LogP contribution in [0.15, 0.2) is 42.5 Å². The lowest BCUT2D eigenvalue weighted by Gasteiger charge is -1.98. The van der Waals surface area contributed by atoms with Gasteiger partial charge in [-0.2, -0.15) is 0 Å². The lowest BCUT2D eigenvalue weighted by Crippen LogP contribution is -1.84. The number of fused-ring (bicyclic) bond motifs is 1. The molecule has 1 heteroatoms. The van der Waals surface area contributed by atoms with Crippen LogP contribution >= 0.6 is 0 Å². The molecule has 0 fully saturated rings. The van der Waals surface area contributed by atoms with Crippen LogP contribution in [-0.2, 0) is 0 Å². The van der Waals surface area contributed by atoms with Gasteiger partial charge < -0.3 is 5.73 Å². The van der Waals surface area contributed by atoms with Crippen LogP contribution in [-0.4, -0.2) is 0 Å². The summed E-state index contributed by atoms with van der Waals surface area (Å²) in [5.41, 5.74) is 6.61. The molecule has 0 spiro atoms. The second kappa shape index (κ2) is 5.28. The molecule has 0 bridgehead atoms. The van der Waals surface area contributed by atoms with Crippen molar-refractivity contribution >= 4 is 16.5 Å². The largest absolute Gasteiger partial charge is 0.398 e. The Balaban J connectivity index is 0.000000293. The van der Waals surface area contributed by atoms with Crippen molar-refractivity contribution in [2.24, 2.45) is 0 Å². The van der Waals surface area contributed by atoms with Crippen LogP contribution in [0.5, 0.6) is 0 Å². The maximum Gasteiger partial charge on any atom is 0.0393 e. The fourth-order valence-electron chi connectivity index (χ4n) is 1.25. The van der Waals surface area contributed by atoms with Crippen LogP contribution in [0, 0.1) is 0 Å². The monoisotopic (exact) mass is 187 g/mol. The molecule has 74 valence electrons. The highest BCUT2D eigenvalue weighted by molar-refractivity contribution is 5.92. The van der Waals surface area contributed by atoms with Gasteiger partial charge in [-0.3, -0.25) is 0 Å². The van der Waals surface area contributed by atoms with E-state index in [1.54, 1.807) is 0 Å². The van der Waals surface area contributed by atoms with E-state index in [4.69, 9.17) is 5.73 Å². The maximum atomic E-state index is 5.76. The first kappa shape index (κ1) is 10.6. The fraction of sp³-hybridized carbons (Fsp3) is 0.231. The lowest BCUT2D eigenvalue weighted by molar-refractivity contribution is 1.09. The van der Waals surface area contributed by atoms with E-state index < -0.39 is 0 Å². The molecule has 2 aromatic carbocycles. The number of nitrogens with two attached hydrogens (primary N) is 1. The van der Waals surface area contributed by atoms with E-state index in [2.05, 4.69) is 26.0 Å². The molecule has 0 radical (unpaired) electrons. The summed E-state index contributed by atoms with van der Waals surface area (Å²) in [6.45, 7) is 4.25.